The molecule has 0 amide bonds. The monoisotopic (exact) mass is 404 g/mol. The van der Waals surface area contributed by atoms with Gasteiger partial charge in [0.1, 0.15) is 0 Å². The van der Waals surface area contributed by atoms with Crippen molar-refractivity contribution in [3.63, 3.8) is 0 Å². The number of nitrogens with zero attached hydrogens (tertiary/aromatic N) is 2. The number of aliphatic hydroxyl groups excluding tert-OH is 1. The number of anilines is 1. The van der Waals surface area contributed by atoms with Crippen LogP contribution in [0.5, 0.6) is 5.75 Å². The number of halogens is 4. The molecular formula is C20H28F4N2O2. The van der Waals surface area contributed by atoms with Gasteiger partial charge in [-0.25, -0.2) is 4.39 Å². The Morgan fingerprint density at radius 3 is 2.25 bits per heavy atom. The van der Waals surface area contributed by atoms with Crippen LogP contribution >= 0.6 is 0 Å². The highest BCUT2D eigenvalue weighted by atomic mass is 19.4. The second-order valence-electron chi connectivity index (χ2n) is 7.80. The Morgan fingerprint density at radius 2 is 1.71 bits per heavy atom. The molecule has 1 N–H and O–H groups in total. The smallest absolute Gasteiger partial charge is 0.401 e. The van der Waals surface area contributed by atoms with Gasteiger partial charge in [0.05, 0.1) is 19.3 Å². The molecule has 3 rings (SSSR count). The highest BCUT2D eigenvalue weighted by Gasteiger charge is 2.34. The second kappa shape index (κ2) is 8.86. The van der Waals surface area contributed by atoms with Gasteiger partial charge in [-0.1, -0.05) is 6.07 Å². The summed E-state index contributed by atoms with van der Waals surface area (Å²) in [5.41, 5.74) is 1.37. The van der Waals surface area contributed by atoms with Crippen molar-refractivity contribution >= 4 is 5.69 Å². The molecule has 1 aromatic carbocycles. The summed E-state index contributed by atoms with van der Waals surface area (Å²) in [6, 6.07) is 3.47. The zero-order valence-electron chi connectivity index (χ0n) is 16.1. The van der Waals surface area contributed by atoms with Gasteiger partial charge in [0, 0.05) is 19.7 Å². The van der Waals surface area contributed by atoms with E-state index in [-0.39, 0.29) is 24.2 Å². The van der Waals surface area contributed by atoms with Gasteiger partial charge in [0.25, 0.3) is 0 Å². The van der Waals surface area contributed by atoms with Crippen molar-refractivity contribution in [3.05, 3.63) is 23.5 Å². The molecule has 0 unspecified atom stereocenters. The SMILES string of the molecule is COc1ccc(C2CCN(CC(F)(F)F)CC2)c(N2CCC(CO)CC2)c1F. The van der Waals surface area contributed by atoms with E-state index in [0.717, 1.165) is 18.4 Å². The molecule has 2 fully saturated rings. The van der Waals surface area contributed by atoms with Crippen LogP contribution in [-0.2, 0) is 0 Å². The van der Waals surface area contributed by atoms with E-state index in [1.54, 1.807) is 6.07 Å². The maximum Gasteiger partial charge on any atom is 0.401 e. The number of methoxy groups -OCH3 is 1. The Kier molecular flexibility index (Phi) is 6.70. The Balaban J connectivity index is 1.79. The summed E-state index contributed by atoms with van der Waals surface area (Å²) in [4.78, 5) is 3.42. The van der Waals surface area contributed by atoms with Crippen molar-refractivity contribution in [2.24, 2.45) is 5.92 Å². The van der Waals surface area contributed by atoms with Crippen molar-refractivity contribution in [2.45, 2.75) is 37.8 Å². The average Bonchev–Trinajstić information content (AvgIpc) is 2.67. The molecule has 0 radical (unpaired) electrons. The number of hydrogen-bond acceptors (Lipinski definition) is 4. The van der Waals surface area contributed by atoms with Gasteiger partial charge in [-0.15, -0.1) is 0 Å². The molecule has 0 saturated carbocycles. The third kappa shape index (κ3) is 4.89. The van der Waals surface area contributed by atoms with Crippen LogP contribution < -0.4 is 9.64 Å². The van der Waals surface area contributed by atoms with Crippen LogP contribution in [0.15, 0.2) is 12.1 Å². The average molecular weight is 404 g/mol. The molecule has 0 atom stereocenters. The van der Waals surface area contributed by atoms with Crippen LogP contribution in [0.25, 0.3) is 0 Å². The summed E-state index contributed by atoms with van der Waals surface area (Å²) < 4.78 is 58.2. The number of likely N-dealkylation sites (tertiary alicyclic amines) is 1. The minimum atomic E-state index is -4.19. The standard InChI is InChI=1S/C20H28F4N2O2/c1-28-17-3-2-16(15-6-8-25(9-7-15)13-20(22,23)24)19(18(17)21)26-10-4-14(12-27)5-11-26/h2-3,14-15,27H,4-13H2,1H3. The van der Waals surface area contributed by atoms with Crippen molar-refractivity contribution in [1.82, 2.24) is 4.90 Å². The summed E-state index contributed by atoms with van der Waals surface area (Å²) in [7, 11) is 1.43. The van der Waals surface area contributed by atoms with E-state index in [1.807, 2.05) is 11.0 Å². The fourth-order valence-corrected chi connectivity index (χ4v) is 4.36. The number of aliphatic hydroxyl groups is 1. The molecule has 0 bridgehead atoms. The number of hydrogen-bond donors (Lipinski definition) is 1. The lowest BCUT2D eigenvalue weighted by Gasteiger charge is -2.38. The van der Waals surface area contributed by atoms with Crippen LogP contribution in [0.1, 0.15) is 37.2 Å². The first-order valence-corrected chi connectivity index (χ1v) is 9.83. The second-order valence-corrected chi connectivity index (χ2v) is 7.80. The third-order valence-electron chi connectivity index (χ3n) is 5.95. The van der Waals surface area contributed by atoms with Gasteiger partial charge in [-0.3, -0.25) is 4.90 Å². The predicted molar refractivity (Wildman–Crippen MR) is 99.4 cm³/mol. The Bertz CT molecular complexity index is 652. The summed E-state index contributed by atoms with van der Waals surface area (Å²) in [5, 5.41) is 9.35. The minimum absolute atomic E-state index is 0.0236. The molecule has 0 spiro atoms. The summed E-state index contributed by atoms with van der Waals surface area (Å²) in [6.07, 6.45) is -1.47. The third-order valence-corrected chi connectivity index (χ3v) is 5.95. The molecule has 0 aromatic heterocycles. The first kappa shape index (κ1) is 21.2. The fourth-order valence-electron chi connectivity index (χ4n) is 4.36. The maximum absolute atomic E-state index is 15.2. The summed E-state index contributed by atoms with van der Waals surface area (Å²) in [5.74, 6) is 0.0344. The summed E-state index contributed by atoms with van der Waals surface area (Å²) >= 11 is 0. The number of piperidine rings is 2. The largest absolute Gasteiger partial charge is 0.494 e. The van der Waals surface area contributed by atoms with E-state index in [4.69, 9.17) is 4.74 Å². The van der Waals surface area contributed by atoms with Crippen molar-refractivity contribution < 1.29 is 27.4 Å². The zero-order chi connectivity index (χ0) is 20.3. The van der Waals surface area contributed by atoms with Crippen molar-refractivity contribution in [2.75, 3.05) is 51.3 Å². The topological polar surface area (TPSA) is 35.9 Å². The van der Waals surface area contributed by atoms with E-state index < -0.39 is 18.5 Å². The van der Waals surface area contributed by atoms with E-state index in [0.29, 0.717) is 44.7 Å². The van der Waals surface area contributed by atoms with Gasteiger partial charge >= 0.3 is 6.18 Å². The molecule has 2 heterocycles. The molecule has 4 nitrogen and oxygen atoms in total. The van der Waals surface area contributed by atoms with E-state index >= 15 is 4.39 Å². The van der Waals surface area contributed by atoms with E-state index in [2.05, 4.69) is 0 Å². The number of rotatable bonds is 5. The van der Waals surface area contributed by atoms with Crippen LogP contribution in [0.2, 0.25) is 0 Å². The molecule has 2 aliphatic rings. The van der Waals surface area contributed by atoms with Gasteiger partial charge in [-0.05, 0) is 62.2 Å². The normalized spacial score (nSPS) is 20.6. The molecule has 1 aromatic rings. The maximum atomic E-state index is 15.2. The van der Waals surface area contributed by atoms with Gasteiger partial charge in [0.2, 0.25) is 0 Å². The van der Waals surface area contributed by atoms with Crippen LogP contribution in [-0.4, -0.2) is 62.6 Å². The predicted octanol–water partition coefficient (Wildman–Crippen LogP) is 3.78. The molecule has 8 heteroatoms. The zero-order valence-corrected chi connectivity index (χ0v) is 16.1. The number of alkyl halides is 3. The Hall–Kier alpha value is -1.54. The molecule has 2 saturated heterocycles. The molecular weight excluding hydrogens is 376 g/mol. The lowest BCUT2D eigenvalue weighted by Crippen LogP contribution is -2.40. The first-order valence-electron chi connectivity index (χ1n) is 9.83. The molecule has 0 aliphatic carbocycles. The van der Waals surface area contributed by atoms with Gasteiger partial charge in [0.15, 0.2) is 11.6 Å². The summed E-state index contributed by atoms with van der Waals surface area (Å²) in [6.45, 7) is 1.25. The highest BCUT2D eigenvalue weighted by molar-refractivity contribution is 5.60. The van der Waals surface area contributed by atoms with Crippen LogP contribution in [0, 0.1) is 11.7 Å². The van der Waals surface area contributed by atoms with Gasteiger partial charge < -0.3 is 14.7 Å². The van der Waals surface area contributed by atoms with E-state index in [1.165, 1.54) is 12.0 Å². The Labute approximate surface area is 163 Å². The Morgan fingerprint density at radius 1 is 1.07 bits per heavy atom. The highest BCUT2D eigenvalue weighted by Crippen LogP contribution is 2.41. The first-order chi connectivity index (χ1) is 13.3. The minimum Gasteiger partial charge on any atom is -0.494 e. The van der Waals surface area contributed by atoms with Crippen molar-refractivity contribution in [1.29, 1.82) is 0 Å². The molecule has 2 aliphatic heterocycles. The quantitative estimate of drug-likeness (QED) is 0.758. The van der Waals surface area contributed by atoms with Crippen LogP contribution in [0.4, 0.5) is 23.2 Å². The molecule has 158 valence electrons. The fraction of sp³-hybridized carbons (Fsp3) is 0.700. The van der Waals surface area contributed by atoms with E-state index in [9.17, 15) is 18.3 Å². The lowest BCUT2D eigenvalue weighted by molar-refractivity contribution is -0.147. The number of benzene rings is 1. The number of ether oxygens (including phenoxy) is 1. The van der Waals surface area contributed by atoms with Crippen LogP contribution in [0.3, 0.4) is 0 Å². The van der Waals surface area contributed by atoms with Crippen molar-refractivity contribution in [3.8, 4) is 5.75 Å². The van der Waals surface area contributed by atoms with Gasteiger partial charge in [-0.2, -0.15) is 13.2 Å². The lowest BCUT2D eigenvalue weighted by atomic mass is 9.87. The molecule has 28 heavy (non-hydrogen) atoms.